The van der Waals surface area contributed by atoms with Crippen molar-refractivity contribution in [2.24, 2.45) is 5.10 Å². The molecule has 1 aromatic heterocycles. The molecule has 3 aromatic rings. The van der Waals surface area contributed by atoms with E-state index in [4.69, 9.17) is 9.84 Å². The molecule has 3 heterocycles. The predicted octanol–water partition coefficient (Wildman–Crippen LogP) is 4.32. The second kappa shape index (κ2) is 5.74. The lowest BCUT2D eigenvalue weighted by Gasteiger charge is -2.38. The number of ether oxygens (including phenoxy) is 1. The average molecular weight is 327 g/mol. The van der Waals surface area contributed by atoms with Gasteiger partial charge in [-0.1, -0.05) is 54.6 Å². The third kappa shape index (κ3) is 2.38. The van der Waals surface area contributed by atoms with Gasteiger partial charge in [0.05, 0.1) is 11.8 Å². The van der Waals surface area contributed by atoms with Crippen LogP contribution in [0, 0.1) is 0 Å². The molecule has 0 saturated carbocycles. The van der Waals surface area contributed by atoms with Crippen molar-refractivity contribution in [3.05, 3.63) is 95.8 Å². The number of hydrogen-bond acceptors (Lipinski definition) is 4. The molecule has 2 atom stereocenters. The Labute approximate surface area is 146 Å². The number of para-hydroxylation sites is 1. The fourth-order valence-electron chi connectivity index (χ4n) is 3.58. The second-order valence-corrected chi connectivity index (χ2v) is 6.31. The smallest absolute Gasteiger partial charge is 0.213 e. The van der Waals surface area contributed by atoms with Crippen molar-refractivity contribution in [2.75, 3.05) is 0 Å². The molecule has 2 aliphatic rings. The van der Waals surface area contributed by atoms with Crippen LogP contribution in [0.5, 0.6) is 5.75 Å². The Hall–Kier alpha value is -3.14. The van der Waals surface area contributed by atoms with Crippen LogP contribution in [0.4, 0.5) is 0 Å². The van der Waals surface area contributed by atoms with Crippen LogP contribution in [0.25, 0.3) is 0 Å². The van der Waals surface area contributed by atoms with Crippen LogP contribution in [-0.4, -0.2) is 15.7 Å². The Morgan fingerprint density at radius 1 is 0.920 bits per heavy atom. The summed E-state index contributed by atoms with van der Waals surface area (Å²) < 4.78 is 6.32. The lowest BCUT2D eigenvalue weighted by Crippen LogP contribution is -2.33. The van der Waals surface area contributed by atoms with E-state index in [1.807, 2.05) is 42.6 Å². The first-order chi connectivity index (χ1) is 12.4. The number of pyridine rings is 1. The zero-order valence-corrected chi connectivity index (χ0v) is 13.6. The van der Waals surface area contributed by atoms with Crippen molar-refractivity contribution in [1.82, 2.24) is 9.99 Å². The van der Waals surface area contributed by atoms with Crippen LogP contribution in [-0.2, 0) is 0 Å². The predicted molar refractivity (Wildman–Crippen MR) is 96.2 cm³/mol. The number of aromatic nitrogens is 1. The summed E-state index contributed by atoms with van der Waals surface area (Å²) in [5.74, 6) is 0.945. The Kier molecular flexibility index (Phi) is 3.27. The normalized spacial score (nSPS) is 21.1. The molecule has 0 fully saturated rings. The summed E-state index contributed by atoms with van der Waals surface area (Å²) in [6.07, 6.45) is 4.31. The van der Waals surface area contributed by atoms with Crippen molar-refractivity contribution >= 4 is 5.71 Å². The molecule has 25 heavy (non-hydrogen) atoms. The lowest BCUT2D eigenvalue weighted by atomic mass is 9.96. The molecule has 0 spiro atoms. The number of fused-ring (bicyclic) bond motifs is 3. The van der Waals surface area contributed by atoms with Crippen molar-refractivity contribution < 1.29 is 4.74 Å². The highest BCUT2D eigenvalue weighted by Crippen LogP contribution is 2.47. The monoisotopic (exact) mass is 327 g/mol. The van der Waals surface area contributed by atoms with E-state index in [0.717, 1.165) is 29.0 Å². The van der Waals surface area contributed by atoms with Gasteiger partial charge in [-0.25, -0.2) is 5.01 Å². The molecule has 4 heteroatoms. The highest BCUT2D eigenvalue weighted by Gasteiger charge is 2.40. The summed E-state index contributed by atoms with van der Waals surface area (Å²) in [6.45, 7) is 0. The molecule has 0 bridgehead atoms. The largest absolute Gasteiger partial charge is 0.464 e. The molecular formula is C21H17N3O. The zero-order chi connectivity index (χ0) is 16.6. The van der Waals surface area contributed by atoms with E-state index >= 15 is 0 Å². The SMILES string of the molecule is c1ccc([C@@H]2Oc3ccccc3[C@H]3CC(c4cccnc4)=NN32)cc1. The molecule has 0 saturated heterocycles. The third-order valence-electron chi connectivity index (χ3n) is 4.78. The summed E-state index contributed by atoms with van der Waals surface area (Å²) in [7, 11) is 0. The van der Waals surface area contributed by atoms with Crippen molar-refractivity contribution in [3.63, 3.8) is 0 Å². The number of rotatable bonds is 2. The third-order valence-corrected chi connectivity index (χ3v) is 4.78. The fourth-order valence-corrected chi connectivity index (χ4v) is 3.58. The van der Waals surface area contributed by atoms with Gasteiger partial charge < -0.3 is 4.74 Å². The minimum Gasteiger partial charge on any atom is -0.464 e. The zero-order valence-electron chi connectivity index (χ0n) is 13.6. The van der Waals surface area contributed by atoms with Gasteiger partial charge in [0.2, 0.25) is 6.23 Å². The van der Waals surface area contributed by atoms with Crippen LogP contribution < -0.4 is 4.74 Å². The summed E-state index contributed by atoms with van der Waals surface area (Å²) in [4.78, 5) is 4.24. The first-order valence-electron chi connectivity index (χ1n) is 8.47. The van der Waals surface area contributed by atoms with Gasteiger partial charge in [-0.15, -0.1) is 0 Å². The van der Waals surface area contributed by atoms with Crippen molar-refractivity contribution in [3.8, 4) is 5.75 Å². The molecule has 0 radical (unpaired) electrons. The molecule has 5 rings (SSSR count). The highest BCUT2D eigenvalue weighted by atomic mass is 16.5. The quantitative estimate of drug-likeness (QED) is 0.703. The number of benzene rings is 2. The molecule has 2 aromatic carbocycles. The summed E-state index contributed by atoms with van der Waals surface area (Å²) in [6, 6.07) is 22.7. The summed E-state index contributed by atoms with van der Waals surface area (Å²) in [5.41, 5.74) is 4.43. The highest BCUT2D eigenvalue weighted by molar-refractivity contribution is 6.01. The van der Waals surface area contributed by atoms with Gasteiger partial charge in [-0.2, -0.15) is 5.10 Å². The lowest BCUT2D eigenvalue weighted by molar-refractivity contribution is -0.0190. The van der Waals surface area contributed by atoms with Crippen molar-refractivity contribution in [2.45, 2.75) is 18.7 Å². The molecule has 2 aliphatic heterocycles. The molecule has 0 N–H and O–H groups in total. The van der Waals surface area contributed by atoms with Gasteiger partial charge in [0.25, 0.3) is 0 Å². The van der Waals surface area contributed by atoms with E-state index in [0.29, 0.717) is 0 Å². The maximum Gasteiger partial charge on any atom is 0.213 e. The second-order valence-electron chi connectivity index (χ2n) is 6.31. The minimum atomic E-state index is -0.213. The maximum absolute atomic E-state index is 6.32. The number of hydrazone groups is 1. The van der Waals surface area contributed by atoms with E-state index in [1.165, 1.54) is 5.56 Å². The van der Waals surface area contributed by atoms with Crippen LogP contribution in [0.2, 0.25) is 0 Å². The van der Waals surface area contributed by atoms with Crippen molar-refractivity contribution in [1.29, 1.82) is 0 Å². The Morgan fingerprint density at radius 3 is 2.60 bits per heavy atom. The fraction of sp³-hybridized carbons (Fsp3) is 0.143. The average Bonchev–Trinajstić information content (AvgIpc) is 3.14. The topological polar surface area (TPSA) is 37.7 Å². The van der Waals surface area contributed by atoms with E-state index in [2.05, 4.69) is 40.3 Å². The molecular weight excluding hydrogens is 310 g/mol. The Balaban J connectivity index is 1.61. The number of nitrogens with zero attached hydrogens (tertiary/aromatic N) is 3. The molecule has 0 unspecified atom stereocenters. The van der Waals surface area contributed by atoms with E-state index in [1.54, 1.807) is 6.20 Å². The van der Waals surface area contributed by atoms with Gasteiger partial charge in [0.15, 0.2) is 0 Å². The molecule has 0 amide bonds. The number of hydrogen-bond donors (Lipinski definition) is 0. The van der Waals surface area contributed by atoms with Crippen LogP contribution >= 0.6 is 0 Å². The first kappa shape index (κ1) is 14.2. The standard InChI is InChI=1S/C21H17N3O/c1-2-7-15(8-3-1)21-24-19(17-10-4-5-11-20(17)25-21)13-18(23-24)16-9-6-12-22-14-16/h1-12,14,19,21H,13H2/t19-,21+/m1/s1. The first-order valence-corrected chi connectivity index (χ1v) is 8.47. The van der Waals surface area contributed by atoms with Gasteiger partial charge in [0, 0.05) is 35.5 Å². The van der Waals surface area contributed by atoms with E-state index in [9.17, 15) is 0 Å². The van der Waals surface area contributed by atoms with Crippen LogP contribution in [0.1, 0.15) is 35.4 Å². The Morgan fingerprint density at radius 2 is 1.76 bits per heavy atom. The molecule has 4 nitrogen and oxygen atoms in total. The molecule has 0 aliphatic carbocycles. The van der Waals surface area contributed by atoms with Crippen LogP contribution in [0.15, 0.2) is 84.2 Å². The Bertz CT molecular complexity index is 924. The summed E-state index contributed by atoms with van der Waals surface area (Å²) >= 11 is 0. The van der Waals surface area contributed by atoms with E-state index in [-0.39, 0.29) is 12.3 Å². The van der Waals surface area contributed by atoms with Gasteiger partial charge >= 0.3 is 0 Å². The van der Waals surface area contributed by atoms with Gasteiger partial charge in [-0.05, 0) is 12.1 Å². The van der Waals surface area contributed by atoms with Gasteiger partial charge in [-0.3, -0.25) is 4.98 Å². The summed E-state index contributed by atoms with van der Waals surface area (Å²) in [5, 5.41) is 7.02. The molecule has 122 valence electrons. The maximum atomic E-state index is 6.32. The van der Waals surface area contributed by atoms with Gasteiger partial charge in [0.1, 0.15) is 5.75 Å². The van der Waals surface area contributed by atoms with E-state index < -0.39 is 0 Å². The minimum absolute atomic E-state index is 0.186. The van der Waals surface area contributed by atoms with Crippen LogP contribution in [0.3, 0.4) is 0 Å².